The normalized spacial score (nSPS) is 20.9. The predicted molar refractivity (Wildman–Crippen MR) is 75.0 cm³/mol. The molecule has 0 bridgehead atoms. The topological polar surface area (TPSA) is 12.5 Å². The maximum atomic E-state index is 12.1. The zero-order valence-electron chi connectivity index (χ0n) is 11.0. The highest BCUT2D eigenvalue weighted by atomic mass is 79.9. The monoisotopic (exact) mass is 351 g/mol. The minimum atomic E-state index is -4.63. The lowest BCUT2D eigenvalue weighted by molar-refractivity contribution is -0.274. The number of benzene rings is 1. The van der Waals surface area contributed by atoms with E-state index in [1.54, 1.807) is 12.1 Å². The van der Waals surface area contributed by atoms with Crippen LogP contribution in [-0.4, -0.2) is 29.2 Å². The van der Waals surface area contributed by atoms with Crippen molar-refractivity contribution < 1.29 is 17.9 Å². The Kier molecular flexibility index (Phi) is 5.32. The molecular weight excluding hydrogens is 335 g/mol. The fraction of sp³-hybridized carbons (Fsp3) is 0.571. The van der Waals surface area contributed by atoms with Crippen LogP contribution >= 0.6 is 15.9 Å². The van der Waals surface area contributed by atoms with Crippen LogP contribution in [0.15, 0.2) is 24.3 Å². The van der Waals surface area contributed by atoms with Gasteiger partial charge in [0.05, 0.1) is 0 Å². The van der Waals surface area contributed by atoms with Gasteiger partial charge in [0.2, 0.25) is 0 Å². The molecule has 20 heavy (non-hydrogen) atoms. The number of hydrogen-bond donors (Lipinski definition) is 0. The van der Waals surface area contributed by atoms with Gasteiger partial charge in [-0.25, -0.2) is 0 Å². The summed E-state index contributed by atoms with van der Waals surface area (Å²) in [6.07, 6.45) is -1.04. The first kappa shape index (κ1) is 15.6. The Labute approximate surface area is 125 Å². The van der Waals surface area contributed by atoms with E-state index in [0.29, 0.717) is 6.04 Å². The van der Waals surface area contributed by atoms with Crippen molar-refractivity contribution in [2.24, 2.45) is 0 Å². The van der Waals surface area contributed by atoms with E-state index in [2.05, 4.69) is 25.6 Å². The largest absolute Gasteiger partial charge is 0.573 e. The predicted octanol–water partition coefficient (Wildman–Crippen LogP) is 4.33. The maximum Gasteiger partial charge on any atom is 0.573 e. The van der Waals surface area contributed by atoms with E-state index in [4.69, 9.17) is 0 Å². The minimum Gasteiger partial charge on any atom is -0.406 e. The van der Waals surface area contributed by atoms with E-state index in [1.165, 1.54) is 31.4 Å². The third-order valence-electron chi connectivity index (χ3n) is 3.47. The second kappa shape index (κ2) is 6.80. The van der Waals surface area contributed by atoms with Gasteiger partial charge in [0, 0.05) is 17.9 Å². The molecule has 0 radical (unpaired) electrons. The Morgan fingerprint density at radius 1 is 1.20 bits per heavy atom. The number of likely N-dealkylation sites (tertiary alicyclic amines) is 1. The molecule has 0 aliphatic carbocycles. The second-order valence-corrected chi connectivity index (χ2v) is 5.61. The quantitative estimate of drug-likeness (QED) is 0.748. The molecule has 0 amide bonds. The molecule has 1 atom stereocenters. The number of ether oxygens (including phenoxy) is 1. The molecule has 1 unspecified atom stereocenters. The fourth-order valence-electron chi connectivity index (χ4n) is 2.47. The molecule has 0 saturated carbocycles. The molecule has 2 nitrogen and oxygen atoms in total. The van der Waals surface area contributed by atoms with Crippen molar-refractivity contribution >= 4 is 15.9 Å². The van der Waals surface area contributed by atoms with Gasteiger partial charge in [-0.15, -0.1) is 13.2 Å². The molecule has 1 aromatic rings. The van der Waals surface area contributed by atoms with Crippen LogP contribution in [0.25, 0.3) is 0 Å². The van der Waals surface area contributed by atoms with Crippen LogP contribution in [0, 0.1) is 0 Å². The number of halogens is 4. The highest BCUT2D eigenvalue weighted by Gasteiger charge is 2.31. The van der Waals surface area contributed by atoms with Crippen LogP contribution in [0.5, 0.6) is 5.75 Å². The van der Waals surface area contributed by atoms with Gasteiger partial charge in [-0.1, -0.05) is 34.5 Å². The van der Waals surface area contributed by atoms with E-state index in [1.807, 2.05) is 0 Å². The van der Waals surface area contributed by atoms with Crippen molar-refractivity contribution in [2.75, 3.05) is 11.9 Å². The first-order chi connectivity index (χ1) is 9.48. The molecule has 6 heteroatoms. The maximum absolute atomic E-state index is 12.1. The van der Waals surface area contributed by atoms with Gasteiger partial charge in [0.25, 0.3) is 0 Å². The van der Waals surface area contributed by atoms with Crippen LogP contribution < -0.4 is 4.74 Å². The molecule has 2 rings (SSSR count). The van der Waals surface area contributed by atoms with Crippen molar-refractivity contribution in [1.82, 2.24) is 4.90 Å². The summed E-state index contributed by atoms with van der Waals surface area (Å²) in [7, 11) is 0. The molecule has 0 aromatic heterocycles. The summed E-state index contributed by atoms with van der Waals surface area (Å²) < 4.78 is 40.1. The molecule has 112 valence electrons. The molecule has 1 aliphatic heterocycles. The number of piperidine rings is 1. The smallest absolute Gasteiger partial charge is 0.406 e. The highest BCUT2D eigenvalue weighted by Crippen LogP contribution is 2.25. The molecular formula is C14H17BrF3NO. The lowest BCUT2D eigenvalue weighted by Crippen LogP contribution is -2.39. The molecule has 1 aliphatic rings. The Hall–Kier alpha value is -0.750. The van der Waals surface area contributed by atoms with Crippen molar-refractivity contribution in [3.63, 3.8) is 0 Å². The minimum absolute atomic E-state index is 0.170. The number of alkyl halides is 4. The van der Waals surface area contributed by atoms with Crippen LogP contribution in [0.2, 0.25) is 0 Å². The van der Waals surface area contributed by atoms with Gasteiger partial charge in [-0.05, 0) is 37.1 Å². The zero-order chi connectivity index (χ0) is 14.6. The van der Waals surface area contributed by atoms with E-state index in [9.17, 15) is 13.2 Å². The van der Waals surface area contributed by atoms with Crippen LogP contribution in [-0.2, 0) is 6.54 Å². The van der Waals surface area contributed by atoms with Crippen LogP contribution in [0.4, 0.5) is 13.2 Å². The standard InChI is InChI=1S/C14H17BrF3NO/c15-9-12-3-1-2-8-19(12)10-11-4-6-13(7-5-11)20-14(16,17)18/h4-7,12H,1-3,8-10H2. The summed E-state index contributed by atoms with van der Waals surface area (Å²) in [4.78, 5) is 2.37. The highest BCUT2D eigenvalue weighted by molar-refractivity contribution is 9.09. The van der Waals surface area contributed by atoms with Gasteiger partial charge >= 0.3 is 6.36 Å². The third kappa shape index (κ3) is 4.66. The van der Waals surface area contributed by atoms with Crippen molar-refractivity contribution in [2.45, 2.75) is 38.2 Å². The van der Waals surface area contributed by atoms with E-state index in [0.717, 1.165) is 24.0 Å². The summed E-state index contributed by atoms with van der Waals surface area (Å²) >= 11 is 3.52. The molecule has 1 aromatic carbocycles. The molecule has 0 N–H and O–H groups in total. The first-order valence-corrected chi connectivity index (χ1v) is 7.75. The molecule has 0 spiro atoms. The van der Waals surface area contributed by atoms with Crippen molar-refractivity contribution in [1.29, 1.82) is 0 Å². The fourth-order valence-corrected chi connectivity index (χ4v) is 3.21. The zero-order valence-corrected chi connectivity index (χ0v) is 12.6. The van der Waals surface area contributed by atoms with Gasteiger partial charge in [0.15, 0.2) is 0 Å². The first-order valence-electron chi connectivity index (χ1n) is 6.62. The van der Waals surface area contributed by atoms with Crippen LogP contribution in [0.1, 0.15) is 24.8 Å². The Bertz CT molecular complexity index is 421. The number of rotatable bonds is 4. The van der Waals surface area contributed by atoms with E-state index < -0.39 is 6.36 Å². The summed E-state index contributed by atoms with van der Waals surface area (Å²) in [6, 6.07) is 6.64. The lowest BCUT2D eigenvalue weighted by atomic mass is 10.0. The summed E-state index contributed by atoms with van der Waals surface area (Å²) in [6.45, 7) is 1.81. The molecule has 1 heterocycles. The van der Waals surface area contributed by atoms with Crippen molar-refractivity contribution in [3.8, 4) is 5.75 Å². The molecule has 1 fully saturated rings. The van der Waals surface area contributed by atoms with Gasteiger partial charge in [-0.3, -0.25) is 4.90 Å². The molecule has 1 saturated heterocycles. The van der Waals surface area contributed by atoms with Crippen molar-refractivity contribution in [3.05, 3.63) is 29.8 Å². The lowest BCUT2D eigenvalue weighted by Gasteiger charge is -2.34. The summed E-state index contributed by atoms with van der Waals surface area (Å²) in [5.74, 6) is -0.170. The van der Waals surface area contributed by atoms with Crippen LogP contribution in [0.3, 0.4) is 0 Å². The average Bonchev–Trinajstić information content (AvgIpc) is 2.40. The summed E-state index contributed by atoms with van der Waals surface area (Å²) in [5.41, 5.74) is 1.01. The van der Waals surface area contributed by atoms with Gasteiger partial charge < -0.3 is 4.74 Å². The summed E-state index contributed by atoms with van der Waals surface area (Å²) in [5, 5.41) is 0.933. The SMILES string of the molecule is FC(F)(F)Oc1ccc(CN2CCCCC2CBr)cc1. The Balaban J connectivity index is 1.96. The van der Waals surface area contributed by atoms with E-state index in [-0.39, 0.29) is 5.75 Å². The average molecular weight is 352 g/mol. The number of nitrogens with zero attached hydrogens (tertiary/aromatic N) is 1. The Morgan fingerprint density at radius 2 is 1.90 bits per heavy atom. The van der Waals surface area contributed by atoms with Gasteiger partial charge in [0.1, 0.15) is 5.75 Å². The number of hydrogen-bond acceptors (Lipinski definition) is 2. The Morgan fingerprint density at radius 3 is 2.50 bits per heavy atom. The van der Waals surface area contributed by atoms with E-state index >= 15 is 0 Å². The van der Waals surface area contributed by atoms with Gasteiger partial charge in [-0.2, -0.15) is 0 Å². The second-order valence-electron chi connectivity index (χ2n) is 4.97. The third-order valence-corrected chi connectivity index (χ3v) is 4.22.